The number of fused-ring (bicyclic) bond motifs is 4. The predicted molar refractivity (Wildman–Crippen MR) is 202 cm³/mol. The summed E-state index contributed by atoms with van der Waals surface area (Å²) in [5.74, 6) is -0.455. The topological polar surface area (TPSA) is 49.9 Å². The summed E-state index contributed by atoms with van der Waals surface area (Å²) in [7, 11) is -5.98. The maximum absolute atomic E-state index is 13.7. The molecule has 7 aromatic carbocycles. The summed E-state index contributed by atoms with van der Waals surface area (Å²) < 4.78 is 72.5. The van der Waals surface area contributed by atoms with Gasteiger partial charge in [-0.15, -0.1) is 11.3 Å². The van der Waals surface area contributed by atoms with Crippen molar-refractivity contribution in [2.45, 2.75) is 5.51 Å². The highest BCUT2D eigenvalue weighted by molar-refractivity contribution is 7.88. The van der Waals surface area contributed by atoms with Crippen LogP contribution in [-0.2, 0) is 10.1 Å². The van der Waals surface area contributed by atoms with E-state index in [4.69, 9.17) is 4.18 Å². The van der Waals surface area contributed by atoms with Gasteiger partial charge in [0.15, 0.2) is 0 Å². The quantitative estimate of drug-likeness (QED) is 0.116. The van der Waals surface area contributed by atoms with Gasteiger partial charge in [0.25, 0.3) is 0 Å². The molecule has 0 aliphatic carbocycles. The second kappa shape index (κ2) is 12.8. The Hall–Kier alpha value is -5.84. The van der Waals surface area contributed by atoms with Crippen LogP contribution in [0.4, 0.5) is 47.3 Å². The van der Waals surface area contributed by atoms with Crippen LogP contribution in [0.3, 0.4) is 0 Å². The molecule has 10 heteroatoms. The first-order chi connectivity index (χ1) is 24.7. The number of hydrogen-bond donors (Lipinski definition) is 0. The SMILES string of the molecule is O=S(=O)(Oc1cc(N(c2ccccc2)c2ccccc2)c2sc3c(N(c4ccccc4)c4ccccc4)c4ccccc4cc3c2c1)C(F)(F)F. The summed E-state index contributed by atoms with van der Waals surface area (Å²) in [5.41, 5.74) is -1.02. The van der Waals surface area contributed by atoms with Crippen molar-refractivity contribution < 1.29 is 25.8 Å². The first-order valence-corrected chi connectivity index (χ1v) is 18.2. The lowest BCUT2D eigenvalue weighted by Crippen LogP contribution is -2.28. The molecular formula is C41H27F3N2O3S2. The van der Waals surface area contributed by atoms with Crippen LogP contribution in [0, 0.1) is 0 Å². The van der Waals surface area contributed by atoms with Gasteiger partial charge in [-0.25, -0.2) is 0 Å². The van der Waals surface area contributed by atoms with Crippen LogP contribution in [0.2, 0.25) is 0 Å². The first kappa shape index (κ1) is 32.4. The fourth-order valence-electron chi connectivity index (χ4n) is 6.36. The highest BCUT2D eigenvalue weighted by atomic mass is 32.2. The number of thiophene rings is 1. The Morgan fingerprint density at radius 1 is 0.510 bits per heavy atom. The molecule has 0 saturated heterocycles. The molecule has 0 N–H and O–H groups in total. The zero-order valence-corrected chi connectivity index (χ0v) is 28.3. The van der Waals surface area contributed by atoms with E-state index in [2.05, 4.69) is 11.0 Å². The molecule has 252 valence electrons. The fourth-order valence-corrected chi connectivity index (χ4v) is 8.12. The normalized spacial score (nSPS) is 12.0. The van der Waals surface area contributed by atoms with Gasteiger partial charge < -0.3 is 14.0 Å². The van der Waals surface area contributed by atoms with Crippen molar-refractivity contribution >= 4 is 86.5 Å². The molecule has 8 aromatic rings. The van der Waals surface area contributed by atoms with E-state index in [0.29, 0.717) is 11.1 Å². The van der Waals surface area contributed by atoms with E-state index < -0.39 is 21.4 Å². The number of anilines is 6. The van der Waals surface area contributed by atoms with Gasteiger partial charge in [-0.1, -0.05) is 97.1 Å². The molecule has 8 rings (SSSR count). The molecule has 0 aliphatic rings. The molecule has 0 aliphatic heterocycles. The summed E-state index contributed by atoms with van der Waals surface area (Å²) >= 11 is 1.49. The molecule has 0 spiro atoms. The molecule has 0 radical (unpaired) electrons. The molecule has 0 bridgehead atoms. The maximum atomic E-state index is 13.7. The summed E-state index contributed by atoms with van der Waals surface area (Å²) in [6, 6.07) is 51.4. The van der Waals surface area contributed by atoms with E-state index in [1.54, 1.807) is 0 Å². The Bertz CT molecular complexity index is 2540. The largest absolute Gasteiger partial charge is 0.534 e. The molecule has 0 unspecified atom stereocenters. The van der Waals surface area contributed by atoms with Crippen molar-refractivity contribution in [3.05, 3.63) is 164 Å². The molecule has 5 nitrogen and oxygen atoms in total. The first-order valence-electron chi connectivity index (χ1n) is 15.9. The maximum Gasteiger partial charge on any atom is 0.534 e. The third kappa shape index (κ3) is 5.92. The molecular weight excluding hydrogens is 690 g/mol. The highest BCUT2D eigenvalue weighted by Crippen LogP contribution is 2.53. The lowest BCUT2D eigenvalue weighted by Gasteiger charge is -2.27. The number of nitrogens with zero attached hydrogens (tertiary/aromatic N) is 2. The summed E-state index contributed by atoms with van der Waals surface area (Å²) in [6.45, 7) is 0. The average molecular weight is 717 g/mol. The summed E-state index contributed by atoms with van der Waals surface area (Å²) in [5, 5.41) is 3.14. The van der Waals surface area contributed by atoms with Crippen molar-refractivity contribution in [1.29, 1.82) is 0 Å². The molecule has 1 aromatic heterocycles. The van der Waals surface area contributed by atoms with E-state index in [1.807, 2.05) is 150 Å². The highest BCUT2D eigenvalue weighted by Gasteiger charge is 2.48. The number of halogens is 3. The number of rotatable bonds is 8. The lowest BCUT2D eigenvalue weighted by atomic mass is 10.0. The Morgan fingerprint density at radius 3 is 1.47 bits per heavy atom. The minimum absolute atomic E-state index is 0.455. The molecule has 0 saturated carbocycles. The van der Waals surface area contributed by atoms with Gasteiger partial charge in [0.05, 0.1) is 20.8 Å². The Kier molecular flexibility index (Phi) is 8.13. The zero-order chi connectivity index (χ0) is 35.2. The van der Waals surface area contributed by atoms with Crippen LogP contribution in [0.25, 0.3) is 30.9 Å². The summed E-state index contributed by atoms with van der Waals surface area (Å²) in [4.78, 5) is 4.08. The van der Waals surface area contributed by atoms with Crippen molar-refractivity contribution in [3.8, 4) is 5.75 Å². The zero-order valence-electron chi connectivity index (χ0n) is 26.7. The third-order valence-corrected chi connectivity index (χ3v) is 10.8. The number of hydrogen-bond acceptors (Lipinski definition) is 6. The number of alkyl halides is 3. The van der Waals surface area contributed by atoms with E-state index >= 15 is 0 Å². The minimum Gasteiger partial charge on any atom is -0.376 e. The second-order valence-electron chi connectivity index (χ2n) is 11.7. The van der Waals surface area contributed by atoms with E-state index in [1.165, 1.54) is 23.5 Å². The average Bonchev–Trinajstić information content (AvgIpc) is 3.51. The van der Waals surface area contributed by atoms with Crippen LogP contribution >= 0.6 is 11.3 Å². The van der Waals surface area contributed by atoms with Gasteiger partial charge in [-0.2, -0.15) is 21.6 Å². The summed E-state index contributed by atoms with van der Waals surface area (Å²) in [6.07, 6.45) is 0. The van der Waals surface area contributed by atoms with Crippen LogP contribution < -0.4 is 14.0 Å². The molecule has 0 fully saturated rings. The number of benzene rings is 7. The van der Waals surface area contributed by atoms with E-state index in [-0.39, 0.29) is 0 Å². The molecule has 51 heavy (non-hydrogen) atoms. The smallest absolute Gasteiger partial charge is 0.376 e. The standard InChI is InChI=1S/C41H27F3N2O3S2/c42-41(43,44)51(47,48)49-33-26-36-35-25-28-15-13-14-24-34(28)38(46(31-20-9-3-10-21-31)32-22-11-4-12-23-32)40(35)50-39(36)37(27-33)45(29-16-5-1-6-17-29)30-18-7-2-8-19-30/h1-27H. The van der Waals surface area contributed by atoms with E-state index in [0.717, 1.165) is 54.0 Å². The van der Waals surface area contributed by atoms with Crippen LogP contribution in [-0.4, -0.2) is 13.9 Å². The van der Waals surface area contributed by atoms with Gasteiger partial charge in [0, 0.05) is 45.0 Å². The Morgan fingerprint density at radius 2 is 0.961 bits per heavy atom. The van der Waals surface area contributed by atoms with Crippen LogP contribution in [0.5, 0.6) is 5.75 Å². The Labute approximate surface area is 296 Å². The molecule has 0 atom stereocenters. The minimum atomic E-state index is -5.98. The van der Waals surface area contributed by atoms with Crippen molar-refractivity contribution in [2.24, 2.45) is 0 Å². The van der Waals surface area contributed by atoms with Crippen molar-refractivity contribution in [3.63, 3.8) is 0 Å². The van der Waals surface area contributed by atoms with E-state index in [9.17, 15) is 21.6 Å². The van der Waals surface area contributed by atoms with Gasteiger partial charge in [-0.3, -0.25) is 0 Å². The van der Waals surface area contributed by atoms with Gasteiger partial charge in [0.1, 0.15) is 5.75 Å². The fraction of sp³-hybridized carbons (Fsp3) is 0.0244. The molecule has 1 heterocycles. The third-order valence-electron chi connectivity index (χ3n) is 8.52. The van der Waals surface area contributed by atoms with Gasteiger partial charge in [0.2, 0.25) is 0 Å². The van der Waals surface area contributed by atoms with Crippen LogP contribution in [0.15, 0.2) is 164 Å². The predicted octanol–water partition coefficient (Wildman–Crippen LogP) is 12.4. The Balaban J connectivity index is 1.51. The monoisotopic (exact) mass is 716 g/mol. The van der Waals surface area contributed by atoms with Crippen molar-refractivity contribution in [2.75, 3.05) is 9.80 Å². The number of para-hydroxylation sites is 4. The van der Waals surface area contributed by atoms with Crippen molar-refractivity contribution in [1.82, 2.24) is 0 Å². The van der Waals surface area contributed by atoms with Crippen LogP contribution in [0.1, 0.15) is 0 Å². The van der Waals surface area contributed by atoms with Gasteiger partial charge >= 0.3 is 15.6 Å². The van der Waals surface area contributed by atoms with Gasteiger partial charge in [-0.05, 0) is 66.0 Å². The second-order valence-corrected chi connectivity index (χ2v) is 14.3. The molecule has 0 amide bonds. The lowest BCUT2D eigenvalue weighted by molar-refractivity contribution is -0.0500.